The number of sulfone groups is 1. The maximum Gasteiger partial charge on any atom is 0.223 e. The summed E-state index contributed by atoms with van der Waals surface area (Å²) < 4.78 is 23.9. The van der Waals surface area contributed by atoms with E-state index in [-0.39, 0.29) is 9.92 Å². The first kappa shape index (κ1) is 9.86. The standard InChI is InChI=1S/C11H9NO2S/c13-15(14,10-6-2-1-3-7-10)11-8-4-5-9-12-11/h1-9H. The minimum absolute atomic E-state index is 0.0798. The normalized spacial score (nSPS) is 11.2. The van der Waals surface area contributed by atoms with E-state index >= 15 is 0 Å². The molecule has 0 atom stereocenters. The van der Waals surface area contributed by atoms with Crippen LogP contribution in [0.2, 0.25) is 0 Å². The lowest BCUT2D eigenvalue weighted by molar-refractivity contribution is 0.592. The van der Waals surface area contributed by atoms with E-state index in [9.17, 15) is 8.42 Å². The molecule has 4 heteroatoms. The molecular formula is C11H9NO2S. The van der Waals surface area contributed by atoms with Crippen LogP contribution in [0.15, 0.2) is 64.6 Å². The van der Waals surface area contributed by atoms with Crippen molar-refractivity contribution >= 4 is 9.84 Å². The first-order valence-electron chi connectivity index (χ1n) is 4.42. The number of hydrogen-bond acceptors (Lipinski definition) is 3. The van der Waals surface area contributed by atoms with Crippen molar-refractivity contribution in [3.05, 3.63) is 54.7 Å². The number of aromatic nitrogens is 1. The van der Waals surface area contributed by atoms with Crippen LogP contribution in [0, 0.1) is 0 Å². The van der Waals surface area contributed by atoms with Crippen molar-refractivity contribution in [1.29, 1.82) is 0 Å². The molecule has 1 heterocycles. The van der Waals surface area contributed by atoms with E-state index in [2.05, 4.69) is 4.98 Å². The van der Waals surface area contributed by atoms with Gasteiger partial charge >= 0.3 is 0 Å². The van der Waals surface area contributed by atoms with E-state index in [4.69, 9.17) is 0 Å². The fraction of sp³-hybridized carbons (Fsp3) is 0. The summed E-state index contributed by atoms with van der Waals surface area (Å²) in [5, 5.41) is 0.0798. The Morgan fingerprint density at radius 1 is 0.867 bits per heavy atom. The van der Waals surface area contributed by atoms with Gasteiger partial charge in [0.2, 0.25) is 9.84 Å². The van der Waals surface area contributed by atoms with E-state index in [1.165, 1.54) is 12.3 Å². The van der Waals surface area contributed by atoms with E-state index < -0.39 is 9.84 Å². The Labute approximate surface area is 88.3 Å². The highest BCUT2D eigenvalue weighted by molar-refractivity contribution is 7.91. The molecular weight excluding hydrogens is 210 g/mol. The molecule has 0 saturated heterocycles. The van der Waals surface area contributed by atoms with E-state index in [1.807, 2.05) is 0 Å². The molecule has 2 aromatic rings. The predicted molar refractivity (Wildman–Crippen MR) is 56.1 cm³/mol. The van der Waals surface area contributed by atoms with Crippen molar-refractivity contribution in [2.75, 3.05) is 0 Å². The van der Waals surface area contributed by atoms with Crippen molar-refractivity contribution in [1.82, 2.24) is 4.98 Å². The Bertz CT molecular complexity index is 490. The summed E-state index contributed by atoms with van der Waals surface area (Å²) >= 11 is 0. The topological polar surface area (TPSA) is 47.0 Å². The number of pyridine rings is 1. The predicted octanol–water partition coefficient (Wildman–Crippen LogP) is 1.91. The van der Waals surface area contributed by atoms with Gasteiger partial charge in [-0.2, -0.15) is 0 Å². The lowest BCUT2D eigenvalue weighted by atomic mass is 10.4. The fourth-order valence-electron chi connectivity index (χ4n) is 1.23. The van der Waals surface area contributed by atoms with E-state index in [0.717, 1.165) is 0 Å². The molecule has 0 aliphatic rings. The molecule has 0 aliphatic heterocycles. The molecule has 0 amide bonds. The molecule has 0 aliphatic carbocycles. The third-order valence-corrected chi connectivity index (χ3v) is 3.65. The first-order valence-corrected chi connectivity index (χ1v) is 5.91. The maximum atomic E-state index is 12.0. The van der Waals surface area contributed by atoms with Crippen LogP contribution in [0.3, 0.4) is 0 Å². The van der Waals surface area contributed by atoms with Gasteiger partial charge in [-0.3, -0.25) is 0 Å². The zero-order valence-corrected chi connectivity index (χ0v) is 8.68. The summed E-state index contributed by atoms with van der Waals surface area (Å²) in [6.07, 6.45) is 1.47. The van der Waals surface area contributed by atoms with Gasteiger partial charge in [-0.15, -0.1) is 0 Å². The number of hydrogen-bond donors (Lipinski definition) is 0. The van der Waals surface area contributed by atoms with Crippen LogP contribution in [0.25, 0.3) is 0 Å². The van der Waals surface area contributed by atoms with Crippen molar-refractivity contribution < 1.29 is 8.42 Å². The van der Waals surface area contributed by atoms with Gasteiger partial charge < -0.3 is 0 Å². The third-order valence-electron chi connectivity index (χ3n) is 1.97. The SMILES string of the molecule is O=S(=O)(c1ccccc1)c1ccccn1. The van der Waals surface area contributed by atoms with Crippen molar-refractivity contribution in [2.45, 2.75) is 9.92 Å². The maximum absolute atomic E-state index is 12.0. The Kier molecular flexibility index (Phi) is 2.51. The minimum atomic E-state index is -3.45. The molecule has 15 heavy (non-hydrogen) atoms. The average molecular weight is 219 g/mol. The van der Waals surface area contributed by atoms with Gasteiger partial charge in [0, 0.05) is 6.20 Å². The quantitative estimate of drug-likeness (QED) is 0.775. The molecule has 0 N–H and O–H groups in total. The van der Waals surface area contributed by atoms with Crippen LogP contribution in [0.4, 0.5) is 0 Å². The molecule has 0 spiro atoms. The second kappa shape index (κ2) is 3.82. The van der Waals surface area contributed by atoms with Gasteiger partial charge in [-0.05, 0) is 24.3 Å². The monoisotopic (exact) mass is 219 g/mol. The fourth-order valence-corrected chi connectivity index (χ4v) is 2.44. The van der Waals surface area contributed by atoms with Gasteiger partial charge in [0.15, 0.2) is 5.03 Å². The highest BCUT2D eigenvalue weighted by Crippen LogP contribution is 2.17. The lowest BCUT2D eigenvalue weighted by Crippen LogP contribution is -2.03. The largest absolute Gasteiger partial charge is 0.244 e. The molecule has 76 valence electrons. The molecule has 0 radical (unpaired) electrons. The van der Waals surface area contributed by atoms with Crippen molar-refractivity contribution in [3.8, 4) is 0 Å². The summed E-state index contributed by atoms with van der Waals surface area (Å²) in [5.41, 5.74) is 0. The zero-order valence-electron chi connectivity index (χ0n) is 7.87. The summed E-state index contributed by atoms with van der Waals surface area (Å²) in [6.45, 7) is 0. The van der Waals surface area contributed by atoms with Crippen molar-refractivity contribution in [2.24, 2.45) is 0 Å². The van der Waals surface area contributed by atoms with Crippen LogP contribution in [0.1, 0.15) is 0 Å². The van der Waals surface area contributed by atoms with Crippen LogP contribution < -0.4 is 0 Å². The van der Waals surface area contributed by atoms with Crippen LogP contribution in [-0.4, -0.2) is 13.4 Å². The smallest absolute Gasteiger partial charge is 0.223 e. The molecule has 1 aromatic carbocycles. The van der Waals surface area contributed by atoms with Gasteiger partial charge in [-0.1, -0.05) is 24.3 Å². The number of rotatable bonds is 2. The van der Waals surface area contributed by atoms with Gasteiger partial charge in [0.05, 0.1) is 4.90 Å². The highest BCUT2D eigenvalue weighted by atomic mass is 32.2. The van der Waals surface area contributed by atoms with Gasteiger partial charge in [0.1, 0.15) is 0 Å². The first-order chi connectivity index (χ1) is 7.21. The Morgan fingerprint density at radius 2 is 1.53 bits per heavy atom. The molecule has 1 aromatic heterocycles. The van der Waals surface area contributed by atoms with Crippen LogP contribution in [0.5, 0.6) is 0 Å². The summed E-state index contributed by atoms with van der Waals surface area (Å²) in [5.74, 6) is 0. The third kappa shape index (κ3) is 1.89. The Morgan fingerprint density at radius 3 is 2.13 bits per heavy atom. The van der Waals surface area contributed by atoms with E-state index in [1.54, 1.807) is 42.5 Å². The van der Waals surface area contributed by atoms with Crippen LogP contribution >= 0.6 is 0 Å². The van der Waals surface area contributed by atoms with Gasteiger partial charge in [0.25, 0.3) is 0 Å². The van der Waals surface area contributed by atoms with Crippen LogP contribution in [-0.2, 0) is 9.84 Å². The minimum Gasteiger partial charge on any atom is -0.244 e. The van der Waals surface area contributed by atoms with Crippen molar-refractivity contribution in [3.63, 3.8) is 0 Å². The highest BCUT2D eigenvalue weighted by Gasteiger charge is 2.17. The molecule has 0 unspecified atom stereocenters. The number of nitrogens with zero attached hydrogens (tertiary/aromatic N) is 1. The number of benzene rings is 1. The molecule has 0 fully saturated rings. The molecule has 0 bridgehead atoms. The molecule has 2 rings (SSSR count). The summed E-state index contributed by atoms with van der Waals surface area (Å²) in [6, 6.07) is 13.1. The summed E-state index contributed by atoms with van der Waals surface area (Å²) in [7, 11) is -3.45. The average Bonchev–Trinajstić information content (AvgIpc) is 2.31. The molecule has 0 saturated carbocycles. The summed E-state index contributed by atoms with van der Waals surface area (Å²) in [4.78, 5) is 4.11. The molecule has 3 nitrogen and oxygen atoms in total. The second-order valence-corrected chi connectivity index (χ2v) is 4.88. The van der Waals surface area contributed by atoms with Gasteiger partial charge in [-0.25, -0.2) is 13.4 Å². The lowest BCUT2D eigenvalue weighted by Gasteiger charge is -2.02. The zero-order chi connectivity index (χ0) is 10.7. The second-order valence-electron chi connectivity index (χ2n) is 2.98. The van der Waals surface area contributed by atoms with E-state index in [0.29, 0.717) is 0 Å². The Hall–Kier alpha value is -1.68. The Balaban J connectivity index is 2.55.